The zero-order valence-corrected chi connectivity index (χ0v) is 16.8. The minimum atomic E-state index is -4.00. The van der Waals surface area contributed by atoms with Crippen LogP contribution < -0.4 is 9.64 Å². The van der Waals surface area contributed by atoms with E-state index in [0.29, 0.717) is 22.6 Å². The molecule has 2 aromatic carbocycles. The monoisotopic (exact) mass is 408 g/mol. The van der Waals surface area contributed by atoms with Crippen LogP contribution >= 0.6 is 0 Å². The van der Waals surface area contributed by atoms with Crippen LogP contribution in [0.3, 0.4) is 0 Å². The number of fused-ring (bicyclic) bond motifs is 1. The lowest BCUT2D eigenvalue weighted by atomic mass is 10.2. The Morgan fingerprint density at radius 3 is 2.24 bits per heavy atom. The lowest BCUT2D eigenvalue weighted by Gasteiger charge is -2.22. The molecule has 1 aliphatic heterocycles. The van der Waals surface area contributed by atoms with Crippen molar-refractivity contribution in [1.82, 2.24) is 9.97 Å². The molecule has 0 saturated carbocycles. The molecule has 0 bridgehead atoms. The quantitative estimate of drug-likeness (QED) is 0.639. The Morgan fingerprint density at radius 1 is 1.03 bits per heavy atom. The first-order chi connectivity index (χ1) is 14.0. The molecule has 7 nitrogen and oxygen atoms in total. The van der Waals surface area contributed by atoms with Crippen molar-refractivity contribution in [2.75, 3.05) is 25.1 Å². The van der Waals surface area contributed by atoms with Gasteiger partial charge in [-0.05, 0) is 49.2 Å². The van der Waals surface area contributed by atoms with Crippen molar-refractivity contribution in [1.29, 1.82) is 5.26 Å². The molecule has 8 heteroatoms. The molecule has 4 rings (SSSR count). The van der Waals surface area contributed by atoms with E-state index in [4.69, 9.17) is 4.74 Å². The van der Waals surface area contributed by atoms with E-state index in [2.05, 4.69) is 9.97 Å². The van der Waals surface area contributed by atoms with Crippen molar-refractivity contribution in [2.45, 2.75) is 23.0 Å². The molecule has 0 unspecified atom stereocenters. The van der Waals surface area contributed by atoms with Gasteiger partial charge in [0.05, 0.1) is 29.1 Å². The van der Waals surface area contributed by atoms with Gasteiger partial charge in [0.25, 0.3) is 0 Å². The van der Waals surface area contributed by atoms with Gasteiger partial charge in [0.15, 0.2) is 11.1 Å². The molecule has 1 aromatic heterocycles. The third kappa shape index (κ3) is 3.49. The highest BCUT2D eigenvalue weighted by Crippen LogP contribution is 2.35. The predicted molar refractivity (Wildman–Crippen MR) is 110 cm³/mol. The molecule has 29 heavy (non-hydrogen) atoms. The Hall–Kier alpha value is -3.18. The summed E-state index contributed by atoms with van der Waals surface area (Å²) >= 11 is 0. The third-order valence-electron chi connectivity index (χ3n) is 5.05. The van der Waals surface area contributed by atoms with E-state index in [1.807, 2.05) is 29.2 Å². The fourth-order valence-electron chi connectivity index (χ4n) is 3.52. The van der Waals surface area contributed by atoms with Gasteiger partial charge in [-0.25, -0.2) is 18.4 Å². The Morgan fingerprint density at radius 2 is 1.66 bits per heavy atom. The average Bonchev–Trinajstić information content (AvgIpc) is 3.28. The summed E-state index contributed by atoms with van der Waals surface area (Å²) in [5.74, 6) is 1.02. The molecular weight excluding hydrogens is 388 g/mol. The molecule has 0 aliphatic carbocycles. The van der Waals surface area contributed by atoms with Crippen molar-refractivity contribution in [3.8, 4) is 11.8 Å². The summed E-state index contributed by atoms with van der Waals surface area (Å²) in [7, 11) is -2.49. The fraction of sp³-hybridized carbons (Fsp3) is 0.286. The molecule has 0 radical (unpaired) electrons. The number of aromatic nitrogens is 2. The van der Waals surface area contributed by atoms with E-state index in [1.54, 1.807) is 18.2 Å². The molecule has 1 saturated heterocycles. The van der Waals surface area contributed by atoms with Gasteiger partial charge in [-0.1, -0.05) is 12.1 Å². The second kappa shape index (κ2) is 7.68. The van der Waals surface area contributed by atoms with Crippen molar-refractivity contribution in [3.63, 3.8) is 0 Å². The summed E-state index contributed by atoms with van der Waals surface area (Å²) in [5, 5.41) is 8.42. The van der Waals surface area contributed by atoms with Gasteiger partial charge in [0.1, 0.15) is 11.4 Å². The number of hydrogen-bond donors (Lipinski definition) is 0. The van der Waals surface area contributed by atoms with E-state index in [1.165, 1.54) is 19.2 Å². The van der Waals surface area contributed by atoms with E-state index in [0.717, 1.165) is 25.9 Å². The lowest BCUT2D eigenvalue weighted by Crippen LogP contribution is -2.24. The van der Waals surface area contributed by atoms with Gasteiger partial charge in [-0.15, -0.1) is 0 Å². The molecule has 0 N–H and O–H groups in total. The molecule has 2 heterocycles. The number of sulfone groups is 1. The molecule has 0 spiro atoms. The maximum atomic E-state index is 13.3. The van der Waals surface area contributed by atoms with Gasteiger partial charge < -0.3 is 9.64 Å². The molecule has 1 fully saturated rings. The van der Waals surface area contributed by atoms with E-state index in [-0.39, 0.29) is 10.6 Å². The van der Waals surface area contributed by atoms with E-state index in [9.17, 15) is 13.7 Å². The number of methoxy groups -OCH3 is 1. The summed E-state index contributed by atoms with van der Waals surface area (Å²) in [6.45, 7) is 1.53. The molecule has 0 amide bonds. The van der Waals surface area contributed by atoms with Crippen LogP contribution in [0, 0.1) is 11.3 Å². The van der Waals surface area contributed by atoms with Crippen LogP contribution in [-0.2, 0) is 9.84 Å². The average molecular weight is 408 g/mol. The zero-order chi connectivity index (χ0) is 20.4. The van der Waals surface area contributed by atoms with Gasteiger partial charge >= 0.3 is 0 Å². The first-order valence-electron chi connectivity index (χ1n) is 9.34. The van der Waals surface area contributed by atoms with Crippen LogP contribution in [0.2, 0.25) is 0 Å². The van der Waals surface area contributed by atoms with Crippen LogP contribution in [0.25, 0.3) is 11.0 Å². The zero-order valence-electron chi connectivity index (χ0n) is 15.9. The molecule has 148 valence electrons. The van der Waals surface area contributed by atoms with E-state index < -0.39 is 15.1 Å². The van der Waals surface area contributed by atoms with Crippen LogP contribution in [0.4, 0.5) is 5.82 Å². The highest BCUT2D eigenvalue weighted by atomic mass is 32.2. The second-order valence-corrected chi connectivity index (χ2v) is 8.88. The van der Waals surface area contributed by atoms with Crippen LogP contribution in [-0.4, -0.2) is 38.6 Å². The smallest absolute Gasteiger partial charge is 0.200 e. The van der Waals surface area contributed by atoms with Crippen LogP contribution in [0.5, 0.6) is 5.75 Å². The largest absolute Gasteiger partial charge is 0.497 e. The Labute approximate surface area is 169 Å². The van der Waals surface area contributed by atoms with Crippen molar-refractivity contribution in [2.24, 2.45) is 0 Å². The van der Waals surface area contributed by atoms with Crippen LogP contribution in [0.1, 0.15) is 23.8 Å². The summed E-state index contributed by atoms with van der Waals surface area (Å²) < 4.78 is 31.7. The topological polar surface area (TPSA) is 96.2 Å². The highest BCUT2D eigenvalue weighted by Gasteiger charge is 2.35. The number of para-hydroxylation sites is 2. The molecular formula is C21H20N4O3S. The Balaban J connectivity index is 1.87. The first kappa shape index (κ1) is 19.2. The van der Waals surface area contributed by atoms with Crippen LogP contribution in [0.15, 0.2) is 53.4 Å². The number of nitriles is 1. The molecule has 1 aliphatic rings. The minimum absolute atomic E-state index is 0.0483. The highest BCUT2D eigenvalue weighted by molar-refractivity contribution is 7.92. The van der Waals surface area contributed by atoms with Gasteiger partial charge in [0, 0.05) is 13.1 Å². The number of anilines is 1. The number of hydrogen-bond acceptors (Lipinski definition) is 7. The summed E-state index contributed by atoms with van der Waals surface area (Å²) in [4.78, 5) is 11.3. The number of benzene rings is 2. The minimum Gasteiger partial charge on any atom is -0.497 e. The number of rotatable bonds is 5. The fourth-order valence-corrected chi connectivity index (χ4v) is 4.90. The molecule has 1 atom stereocenters. The summed E-state index contributed by atoms with van der Waals surface area (Å²) in [6, 6.07) is 15.3. The Kier molecular flexibility index (Phi) is 5.07. The SMILES string of the molecule is COc1ccc(S(=O)(=O)[C@@H](C#N)c2nc3ccccc3nc2N2CCCC2)cc1. The number of ether oxygens (including phenoxy) is 1. The predicted octanol–water partition coefficient (Wildman–Crippen LogP) is 3.28. The standard InChI is InChI=1S/C21H20N4O3S/c1-28-15-8-10-16(11-9-15)29(26,27)19(14-22)20-21(25-12-4-5-13-25)24-18-7-3-2-6-17(18)23-20/h2-3,6-11,19H,4-5,12-13H2,1H3/t19-/m0/s1. The summed E-state index contributed by atoms with van der Waals surface area (Å²) in [6.07, 6.45) is 1.99. The molecule has 3 aromatic rings. The normalized spacial score (nSPS) is 15.2. The van der Waals surface area contributed by atoms with E-state index >= 15 is 0 Å². The van der Waals surface area contributed by atoms with Crippen molar-refractivity contribution < 1.29 is 13.2 Å². The number of nitrogens with zero attached hydrogens (tertiary/aromatic N) is 4. The lowest BCUT2D eigenvalue weighted by molar-refractivity contribution is 0.414. The van der Waals surface area contributed by atoms with Crippen molar-refractivity contribution in [3.05, 3.63) is 54.2 Å². The van der Waals surface area contributed by atoms with Crippen molar-refractivity contribution >= 4 is 26.7 Å². The second-order valence-electron chi connectivity index (χ2n) is 6.85. The first-order valence-corrected chi connectivity index (χ1v) is 10.9. The van der Waals surface area contributed by atoms with Gasteiger partial charge in [-0.2, -0.15) is 5.26 Å². The maximum Gasteiger partial charge on any atom is 0.200 e. The Bertz CT molecular complexity index is 1180. The maximum absolute atomic E-state index is 13.3. The summed E-state index contributed by atoms with van der Waals surface area (Å²) in [5.41, 5.74) is 1.43. The third-order valence-corrected chi connectivity index (χ3v) is 6.93. The van der Waals surface area contributed by atoms with Gasteiger partial charge in [0.2, 0.25) is 9.84 Å². The van der Waals surface area contributed by atoms with Gasteiger partial charge in [-0.3, -0.25) is 0 Å².